The van der Waals surface area contributed by atoms with E-state index in [1.165, 1.54) is 6.07 Å². The Bertz CT molecular complexity index is 1140. The topological polar surface area (TPSA) is 99.9 Å². The standard InChI is InChI=1S/C17H11BrF3N5O2/c18-12-3-8-4-15(16-23-25-26-24-16)28-14(8)5-9(12)7-22-10-1-2-13(27)11(6-10)17(19,20)21/h1-6,22,27H,7H2,(H,23,24,25,26). The molecule has 0 fully saturated rings. The molecule has 2 aromatic carbocycles. The molecule has 144 valence electrons. The van der Waals surface area contributed by atoms with Gasteiger partial charge in [0.2, 0.25) is 5.82 Å². The number of phenols is 1. The third-order valence-corrected chi connectivity index (χ3v) is 4.79. The summed E-state index contributed by atoms with van der Waals surface area (Å²) in [5, 5.41) is 26.5. The number of nitrogens with one attached hydrogen (secondary N) is 2. The predicted molar refractivity (Wildman–Crippen MR) is 97.5 cm³/mol. The van der Waals surface area contributed by atoms with Gasteiger partial charge in [-0.2, -0.15) is 13.2 Å². The summed E-state index contributed by atoms with van der Waals surface area (Å²) in [7, 11) is 0. The van der Waals surface area contributed by atoms with E-state index >= 15 is 0 Å². The quantitative estimate of drug-likeness (QED) is 0.387. The van der Waals surface area contributed by atoms with Crippen molar-refractivity contribution in [3.63, 3.8) is 0 Å². The van der Waals surface area contributed by atoms with Gasteiger partial charge in [0.1, 0.15) is 11.3 Å². The van der Waals surface area contributed by atoms with Crippen molar-refractivity contribution in [1.29, 1.82) is 0 Å². The third kappa shape index (κ3) is 3.52. The number of alkyl halides is 3. The Labute approximate surface area is 163 Å². The number of anilines is 1. The molecule has 0 saturated carbocycles. The molecule has 0 atom stereocenters. The minimum atomic E-state index is -4.64. The summed E-state index contributed by atoms with van der Waals surface area (Å²) < 4.78 is 45.3. The SMILES string of the molecule is Oc1ccc(NCc2cc3oc(-c4nnn[nH]4)cc3cc2Br)cc1C(F)(F)F. The number of nitrogens with zero attached hydrogens (tertiary/aromatic N) is 3. The Morgan fingerprint density at radius 1 is 1.18 bits per heavy atom. The van der Waals surface area contributed by atoms with E-state index in [4.69, 9.17) is 4.42 Å². The number of aromatic nitrogens is 4. The van der Waals surface area contributed by atoms with Gasteiger partial charge in [0.15, 0.2) is 5.76 Å². The first-order valence-electron chi connectivity index (χ1n) is 7.91. The number of aromatic hydroxyl groups is 1. The zero-order chi connectivity index (χ0) is 19.9. The van der Waals surface area contributed by atoms with Gasteiger partial charge in [0.25, 0.3) is 0 Å². The molecule has 0 radical (unpaired) electrons. The lowest BCUT2D eigenvalue weighted by Gasteiger charge is -2.13. The van der Waals surface area contributed by atoms with Crippen LogP contribution in [0.15, 0.2) is 45.3 Å². The summed E-state index contributed by atoms with van der Waals surface area (Å²) in [6, 6.07) is 8.62. The highest BCUT2D eigenvalue weighted by Crippen LogP contribution is 2.37. The van der Waals surface area contributed by atoms with Crippen LogP contribution in [-0.2, 0) is 12.7 Å². The van der Waals surface area contributed by atoms with Gasteiger partial charge < -0.3 is 14.8 Å². The number of benzene rings is 2. The zero-order valence-electron chi connectivity index (χ0n) is 13.9. The zero-order valence-corrected chi connectivity index (χ0v) is 15.5. The van der Waals surface area contributed by atoms with E-state index in [9.17, 15) is 18.3 Å². The number of hydrogen-bond acceptors (Lipinski definition) is 6. The molecular formula is C17H11BrF3N5O2. The first-order chi connectivity index (χ1) is 13.3. The molecule has 0 bridgehead atoms. The van der Waals surface area contributed by atoms with Crippen molar-refractivity contribution in [2.24, 2.45) is 0 Å². The molecule has 4 rings (SSSR count). The highest BCUT2D eigenvalue weighted by Gasteiger charge is 2.34. The molecule has 2 heterocycles. The molecular weight excluding hydrogens is 443 g/mol. The average molecular weight is 454 g/mol. The number of aromatic amines is 1. The molecule has 2 aromatic heterocycles. The van der Waals surface area contributed by atoms with E-state index in [1.54, 1.807) is 12.1 Å². The van der Waals surface area contributed by atoms with Gasteiger partial charge >= 0.3 is 6.18 Å². The van der Waals surface area contributed by atoms with Gasteiger partial charge in [-0.05, 0) is 52.4 Å². The lowest BCUT2D eigenvalue weighted by atomic mass is 10.1. The molecule has 0 unspecified atom stereocenters. The Kier molecular flexibility index (Phi) is 4.46. The Morgan fingerprint density at radius 3 is 2.71 bits per heavy atom. The fraction of sp³-hybridized carbons (Fsp3) is 0.118. The summed E-state index contributed by atoms with van der Waals surface area (Å²) >= 11 is 3.46. The predicted octanol–water partition coefficient (Wildman–Crippen LogP) is 4.71. The summed E-state index contributed by atoms with van der Waals surface area (Å²) in [6.07, 6.45) is -4.64. The van der Waals surface area contributed by atoms with Crippen LogP contribution in [0.5, 0.6) is 5.75 Å². The van der Waals surface area contributed by atoms with Crippen molar-refractivity contribution < 1.29 is 22.7 Å². The van der Waals surface area contributed by atoms with Crippen LogP contribution in [0.1, 0.15) is 11.1 Å². The number of fused-ring (bicyclic) bond motifs is 1. The Morgan fingerprint density at radius 2 is 2.00 bits per heavy atom. The lowest BCUT2D eigenvalue weighted by molar-refractivity contribution is -0.138. The molecule has 0 saturated heterocycles. The number of tetrazole rings is 1. The molecule has 28 heavy (non-hydrogen) atoms. The van der Waals surface area contributed by atoms with Gasteiger partial charge in [0, 0.05) is 22.1 Å². The summed E-state index contributed by atoms with van der Waals surface area (Å²) in [5.74, 6) is 0.0341. The van der Waals surface area contributed by atoms with Crippen LogP contribution in [0.4, 0.5) is 18.9 Å². The maximum absolute atomic E-state index is 12.9. The highest BCUT2D eigenvalue weighted by atomic mass is 79.9. The summed E-state index contributed by atoms with van der Waals surface area (Å²) in [4.78, 5) is 0. The van der Waals surface area contributed by atoms with Crippen molar-refractivity contribution >= 4 is 32.6 Å². The van der Waals surface area contributed by atoms with Crippen molar-refractivity contribution in [3.05, 3.63) is 52.0 Å². The molecule has 0 aliphatic rings. The maximum Gasteiger partial charge on any atom is 0.420 e. The van der Waals surface area contributed by atoms with Gasteiger partial charge in [-0.3, -0.25) is 0 Å². The van der Waals surface area contributed by atoms with Crippen LogP contribution >= 0.6 is 15.9 Å². The number of halogens is 4. The van der Waals surface area contributed by atoms with Crippen LogP contribution < -0.4 is 5.32 Å². The Hall–Kier alpha value is -3.08. The van der Waals surface area contributed by atoms with E-state index < -0.39 is 17.5 Å². The average Bonchev–Trinajstić information content (AvgIpc) is 3.29. The second-order valence-electron chi connectivity index (χ2n) is 5.93. The molecule has 4 aromatic rings. The van der Waals surface area contributed by atoms with Crippen molar-refractivity contribution in [1.82, 2.24) is 20.6 Å². The molecule has 11 heteroatoms. The fourth-order valence-corrected chi connectivity index (χ4v) is 3.19. The van der Waals surface area contributed by atoms with Crippen LogP contribution in [-0.4, -0.2) is 25.7 Å². The van der Waals surface area contributed by atoms with Gasteiger partial charge in [-0.15, -0.1) is 5.10 Å². The number of phenolic OH excluding ortho intramolecular Hbond substituents is 1. The van der Waals surface area contributed by atoms with Crippen LogP contribution in [0.2, 0.25) is 0 Å². The number of furan rings is 1. The molecule has 0 aliphatic heterocycles. The second-order valence-corrected chi connectivity index (χ2v) is 6.78. The highest BCUT2D eigenvalue weighted by molar-refractivity contribution is 9.10. The van der Waals surface area contributed by atoms with E-state index in [2.05, 4.69) is 41.9 Å². The largest absolute Gasteiger partial charge is 0.507 e. The van der Waals surface area contributed by atoms with E-state index in [0.717, 1.165) is 27.6 Å². The lowest BCUT2D eigenvalue weighted by Crippen LogP contribution is -2.07. The molecule has 7 nitrogen and oxygen atoms in total. The van der Waals surface area contributed by atoms with Crippen LogP contribution in [0, 0.1) is 0 Å². The smallest absolute Gasteiger partial charge is 0.420 e. The third-order valence-electron chi connectivity index (χ3n) is 4.05. The first kappa shape index (κ1) is 18.3. The van der Waals surface area contributed by atoms with E-state index in [-0.39, 0.29) is 12.2 Å². The van der Waals surface area contributed by atoms with Crippen LogP contribution in [0.3, 0.4) is 0 Å². The van der Waals surface area contributed by atoms with E-state index in [0.29, 0.717) is 17.2 Å². The van der Waals surface area contributed by atoms with Crippen molar-refractivity contribution in [2.75, 3.05) is 5.32 Å². The van der Waals surface area contributed by atoms with Crippen molar-refractivity contribution in [2.45, 2.75) is 12.7 Å². The maximum atomic E-state index is 12.9. The van der Waals surface area contributed by atoms with Gasteiger partial charge in [-0.1, -0.05) is 15.9 Å². The number of hydrogen-bond donors (Lipinski definition) is 3. The van der Waals surface area contributed by atoms with Gasteiger partial charge in [0.05, 0.1) is 5.56 Å². The molecule has 0 spiro atoms. The molecule has 0 amide bonds. The normalized spacial score (nSPS) is 11.9. The van der Waals surface area contributed by atoms with Crippen molar-refractivity contribution in [3.8, 4) is 17.3 Å². The summed E-state index contributed by atoms with van der Waals surface area (Å²) in [5.41, 5.74) is 0.479. The first-order valence-corrected chi connectivity index (χ1v) is 8.71. The number of rotatable bonds is 4. The monoisotopic (exact) mass is 453 g/mol. The van der Waals surface area contributed by atoms with Crippen LogP contribution in [0.25, 0.3) is 22.6 Å². The molecule has 0 aliphatic carbocycles. The minimum absolute atomic E-state index is 0.227. The second kappa shape index (κ2) is 6.82. The molecule has 3 N–H and O–H groups in total. The Balaban J connectivity index is 1.59. The van der Waals surface area contributed by atoms with E-state index in [1.807, 2.05) is 6.07 Å². The number of H-pyrrole nitrogens is 1. The van der Waals surface area contributed by atoms with Gasteiger partial charge in [-0.25, -0.2) is 5.10 Å². The fourth-order valence-electron chi connectivity index (χ4n) is 2.69. The summed E-state index contributed by atoms with van der Waals surface area (Å²) in [6.45, 7) is 0.235. The minimum Gasteiger partial charge on any atom is -0.507 e.